The Labute approximate surface area is 124 Å². The van der Waals surface area contributed by atoms with Gasteiger partial charge in [0.05, 0.1) is 16.8 Å². The maximum Gasteiger partial charge on any atom is 0.126 e. The van der Waals surface area contributed by atoms with Crippen LogP contribution >= 0.6 is 27.5 Å². The summed E-state index contributed by atoms with van der Waals surface area (Å²) in [6.45, 7) is 1.87. The second kappa shape index (κ2) is 5.80. The maximum absolute atomic E-state index is 12.9. The molecule has 2 aromatic carbocycles. The van der Waals surface area contributed by atoms with E-state index in [1.54, 1.807) is 12.1 Å². The second-order valence-corrected chi connectivity index (χ2v) is 5.52. The summed E-state index contributed by atoms with van der Waals surface area (Å²) in [5.41, 5.74) is 1.36. The monoisotopic (exact) mass is 343 g/mol. The van der Waals surface area contributed by atoms with E-state index in [1.807, 2.05) is 19.1 Å². The molecule has 0 saturated heterocycles. The van der Waals surface area contributed by atoms with Crippen LogP contribution in [0.4, 0.5) is 10.1 Å². The average molecular weight is 345 g/mol. The first-order valence-electron chi connectivity index (χ1n) is 5.67. The van der Waals surface area contributed by atoms with Gasteiger partial charge < -0.3 is 10.4 Å². The number of aromatic hydroxyl groups is 1. The van der Waals surface area contributed by atoms with Crippen molar-refractivity contribution in [3.05, 3.63) is 57.3 Å². The summed E-state index contributed by atoms with van der Waals surface area (Å²) in [5, 5.41) is 13.5. The Morgan fingerprint density at radius 3 is 2.63 bits per heavy atom. The van der Waals surface area contributed by atoms with Crippen molar-refractivity contribution in [2.75, 3.05) is 5.32 Å². The lowest BCUT2D eigenvalue weighted by Crippen LogP contribution is -2.07. The summed E-state index contributed by atoms with van der Waals surface area (Å²) >= 11 is 9.44. The van der Waals surface area contributed by atoms with Gasteiger partial charge in [-0.1, -0.05) is 33.6 Å². The molecule has 0 aliphatic rings. The lowest BCUT2D eigenvalue weighted by atomic mass is 10.1. The SMILES string of the molecule is CC(Nc1ccc(Br)cc1Cl)c1ccc(F)cc1O. The van der Waals surface area contributed by atoms with Crippen LogP contribution in [0.5, 0.6) is 5.75 Å². The van der Waals surface area contributed by atoms with Gasteiger partial charge in [0.1, 0.15) is 11.6 Å². The quantitative estimate of drug-likeness (QED) is 0.810. The smallest absolute Gasteiger partial charge is 0.126 e. The molecule has 1 atom stereocenters. The minimum Gasteiger partial charge on any atom is -0.507 e. The molecule has 0 fully saturated rings. The van der Waals surface area contributed by atoms with Gasteiger partial charge in [-0.05, 0) is 31.2 Å². The molecule has 2 rings (SSSR count). The van der Waals surface area contributed by atoms with Crippen LogP contribution in [0.1, 0.15) is 18.5 Å². The first kappa shape index (κ1) is 14.2. The predicted octanol–water partition coefficient (Wildman–Crippen LogP) is 5.12. The Morgan fingerprint density at radius 1 is 1.26 bits per heavy atom. The maximum atomic E-state index is 12.9. The number of phenolic OH excluding ortho intramolecular Hbond substituents is 1. The van der Waals surface area contributed by atoms with Crippen molar-refractivity contribution in [3.63, 3.8) is 0 Å². The number of hydrogen-bond donors (Lipinski definition) is 2. The van der Waals surface area contributed by atoms with Gasteiger partial charge in [-0.15, -0.1) is 0 Å². The Hall–Kier alpha value is -1.26. The predicted molar refractivity (Wildman–Crippen MR) is 79.3 cm³/mol. The zero-order valence-electron chi connectivity index (χ0n) is 10.1. The standard InChI is InChI=1S/C14H12BrClFNO/c1-8(11-4-3-10(17)7-14(11)19)18-13-5-2-9(15)6-12(13)16/h2-8,18-19H,1H3. The van der Waals surface area contributed by atoms with Gasteiger partial charge in [-0.2, -0.15) is 0 Å². The van der Waals surface area contributed by atoms with Crippen molar-refractivity contribution in [2.45, 2.75) is 13.0 Å². The van der Waals surface area contributed by atoms with E-state index in [-0.39, 0.29) is 11.8 Å². The molecule has 1 unspecified atom stereocenters. The first-order chi connectivity index (χ1) is 8.97. The molecule has 0 bridgehead atoms. The van der Waals surface area contributed by atoms with Crippen LogP contribution in [-0.2, 0) is 0 Å². The van der Waals surface area contributed by atoms with Crippen molar-refractivity contribution in [2.24, 2.45) is 0 Å². The molecule has 100 valence electrons. The molecular formula is C14H12BrClFNO. The summed E-state index contributed by atoms with van der Waals surface area (Å²) in [4.78, 5) is 0. The molecule has 0 saturated carbocycles. The second-order valence-electron chi connectivity index (χ2n) is 4.19. The molecule has 0 radical (unpaired) electrons. The summed E-state index contributed by atoms with van der Waals surface area (Å²) in [7, 11) is 0. The minimum atomic E-state index is -0.463. The van der Waals surface area contributed by atoms with E-state index < -0.39 is 5.82 Å². The normalized spacial score (nSPS) is 12.2. The third kappa shape index (κ3) is 3.39. The van der Waals surface area contributed by atoms with Gasteiger partial charge in [0.15, 0.2) is 0 Å². The zero-order chi connectivity index (χ0) is 14.0. The Kier molecular flexibility index (Phi) is 4.32. The lowest BCUT2D eigenvalue weighted by molar-refractivity contribution is 0.459. The highest BCUT2D eigenvalue weighted by Crippen LogP contribution is 2.31. The molecule has 5 heteroatoms. The third-order valence-electron chi connectivity index (χ3n) is 2.76. The van der Waals surface area contributed by atoms with Gasteiger partial charge in [0.25, 0.3) is 0 Å². The summed E-state index contributed by atoms with van der Waals surface area (Å²) in [6, 6.07) is 9.25. The molecule has 0 aliphatic heterocycles. The van der Waals surface area contributed by atoms with E-state index >= 15 is 0 Å². The topological polar surface area (TPSA) is 32.3 Å². The van der Waals surface area contributed by atoms with E-state index in [9.17, 15) is 9.50 Å². The molecule has 19 heavy (non-hydrogen) atoms. The Bertz CT molecular complexity index is 606. The first-order valence-corrected chi connectivity index (χ1v) is 6.84. The Morgan fingerprint density at radius 2 is 2.00 bits per heavy atom. The van der Waals surface area contributed by atoms with Crippen molar-refractivity contribution in [1.82, 2.24) is 0 Å². The van der Waals surface area contributed by atoms with Crippen molar-refractivity contribution in [3.8, 4) is 5.75 Å². The fourth-order valence-corrected chi connectivity index (χ4v) is 2.53. The highest BCUT2D eigenvalue weighted by atomic mass is 79.9. The van der Waals surface area contributed by atoms with E-state index in [0.717, 1.165) is 16.2 Å². The fourth-order valence-electron chi connectivity index (χ4n) is 1.80. The highest BCUT2D eigenvalue weighted by Gasteiger charge is 2.12. The van der Waals surface area contributed by atoms with Gasteiger partial charge in [0, 0.05) is 16.1 Å². The summed E-state index contributed by atoms with van der Waals surface area (Å²) < 4.78 is 13.8. The molecular weight excluding hydrogens is 333 g/mol. The number of anilines is 1. The number of phenols is 1. The van der Waals surface area contributed by atoms with Crippen LogP contribution in [0.3, 0.4) is 0 Å². The van der Waals surface area contributed by atoms with Crippen molar-refractivity contribution < 1.29 is 9.50 Å². The number of hydrogen-bond acceptors (Lipinski definition) is 2. The fraction of sp³-hybridized carbons (Fsp3) is 0.143. The third-order valence-corrected chi connectivity index (χ3v) is 3.57. The molecule has 0 heterocycles. The molecule has 0 spiro atoms. The Balaban J connectivity index is 2.23. The van der Waals surface area contributed by atoms with E-state index in [0.29, 0.717) is 10.6 Å². The van der Waals surface area contributed by atoms with Gasteiger partial charge in [-0.3, -0.25) is 0 Å². The van der Waals surface area contributed by atoms with Crippen LogP contribution in [-0.4, -0.2) is 5.11 Å². The molecule has 0 aliphatic carbocycles. The molecule has 0 aromatic heterocycles. The van der Waals surface area contributed by atoms with Crippen LogP contribution < -0.4 is 5.32 Å². The molecule has 2 nitrogen and oxygen atoms in total. The number of nitrogens with one attached hydrogen (secondary N) is 1. The van der Waals surface area contributed by atoms with E-state index in [2.05, 4.69) is 21.2 Å². The van der Waals surface area contributed by atoms with Gasteiger partial charge >= 0.3 is 0 Å². The molecule has 2 aromatic rings. The number of rotatable bonds is 3. The zero-order valence-corrected chi connectivity index (χ0v) is 12.5. The minimum absolute atomic E-state index is 0.0757. The number of halogens is 3. The van der Waals surface area contributed by atoms with Crippen LogP contribution in [0, 0.1) is 5.82 Å². The van der Waals surface area contributed by atoms with Crippen LogP contribution in [0.2, 0.25) is 5.02 Å². The average Bonchev–Trinajstić information content (AvgIpc) is 2.32. The van der Waals surface area contributed by atoms with Gasteiger partial charge in [0.2, 0.25) is 0 Å². The summed E-state index contributed by atoms with van der Waals surface area (Å²) in [6.07, 6.45) is 0. The molecule has 0 amide bonds. The van der Waals surface area contributed by atoms with Crippen LogP contribution in [0.15, 0.2) is 40.9 Å². The van der Waals surface area contributed by atoms with Crippen molar-refractivity contribution in [1.29, 1.82) is 0 Å². The number of benzene rings is 2. The van der Waals surface area contributed by atoms with Crippen LogP contribution in [0.25, 0.3) is 0 Å². The highest BCUT2D eigenvalue weighted by molar-refractivity contribution is 9.10. The molecule has 2 N–H and O–H groups in total. The van der Waals surface area contributed by atoms with Gasteiger partial charge in [-0.25, -0.2) is 4.39 Å². The van der Waals surface area contributed by atoms with E-state index in [1.165, 1.54) is 6.07 Å². The van der Waals surface area contributed by atoms with E-state index in [4.69, 9.17) is 11.6 Å². The lowest BCUT2D eigenvalue weighted by Gasteiger charge is -2.18. The van der Waals surface area contributed by atoms with Crippen molar-refractivity contribution >= 4 is 33.2 Å². The largest absolute Gasteiger partial charge is 0.507 e. The summed E-state index contributed by atoms with van der Waals surface area (Å²) in [5.74, 6) is -0.539.